The molecule has 0 bridgehead atoms. The van der Waals surface area contributed by atoms with Gasteiger partial charge in [-0.3, -0.25) is 9.78 Å². The molecular weight excluding hydrogens is 390 g/mol. The highest BCUT2D eigenvalue weighted by molar-refractivity contribution is 6.32. The first kappa shape index (κ1) is 18.6. The Bertz CT molecular complexity index is 1220. The van der Waals surface area contributed by atoms with Crippen molar-refractivity contribution in [3.63, 3.8) is 0 Å². The van der Waals surface area contributed by atoms with Gasteiger partial charge in [-0.1, -0.05) is 60.1 Å². The second-order valence-electron chi connectivity index (χ2n) is 6.12. The maximum atomic E-state index is 12.3. The molecule has 0 aliphatic rings. The summed E-state index contributed by atoms with van der Waals surface area (Å²) in [5.74, 6) is 0.121. The summed E-state index contributed by atoms with van der Waals surface area (Å²) in [7, 11) is 0. The Morgan fingerprint density at radius 1 is 1.07 bits per heavy atom. The third kappa shape index (κ3) is 3.92. The topological polar surface area (TPSA) is 101 Å². The minimum Gasteiger partial charge on any atom is -0.288 e. The van der Waals surface area contributed by atoms with E-state index in [1.807, 2.05) is 55.5 Å². The van der Waals surface area contributed by atoms with Gasteiger partial charge in [0.2, 0.25) is 5.95 Å². The molecule has 9 heteroatoms. The Labute approximate surface area is 170 Å². The van der Waals surface area contributed by atoms with Crippen LogP contribution < -0.4 is 11.0 Å². The van der Waals surface area contributed by atoms with E-state index in [1.54, 1.807) is 16.8 Å². The summed E-state index contributed by atoms with van der Waals surface area (Å²) in [5.41, 5.74) is 5.43. The SMILES string of the molecule is Cc1nn(-c2ccccc2)c(Cl)c1C=NNc1nnc(-c2ccccc2)c(=O)[nH]1. The van der Waals surface area contributed by atoms with E-state index in [4.69, 9.17) is 11.6 Å². The first-order valence-corrected chi connectivity index (χ1v) is 9.13. The number of hydrogen-bond donors (Lipinski definition) is 2. The molecule has 0 saturated heterocycles. The predicted molar refractivity (Wildman–Crippen MR) is 113 cm³/mol. The Hall–Kier alpha value is -3.78. The van der Waals surface area contributed by atoms with Crippen LogP contribution >= 0.6 is 11.6 Å². The van der Waals surface area contributed by atoms with Crippen molar-refractivity contribution in [3.8, 4) is 16.9 Å². The monoisotopic (exact) mass is 405 g/mol. The van der Waals surface area contributed by atoms with Gasteiger partial charge in [0.05, 0.1) is 23.2 Å². The number of halogens is 1. The van der Waals surface area contributed by atoms with Crippen LogP contribution in [0.2, 0.25) is 5.15 Å². The highest BCUT2D eigenvalue weighted by atomic mass is 35.5. The fourth-order valence-corrected chi connectivity index (χ4v) is 3.05. The maximum absolute atomic E-state index is 12.3. The molecule has 2 heterocycles. The van der Waals surface area contributed by atoms with Crippen LogP contribution in [0, 0.1) is 6.92 Å². The molecule has 0 fully saturated rings. The summed E-state index contributed by atoms with van der Waals surface area (Å²) < 4.78 is 1.63. The molecule has 144 valence electrons. The average molecular weight is 406 g/mol. The van der Waals surface area contributed by atoms with Crippen molar-refractivity contribution >= 4 is 23.8 Å². The molecule has 0 spiro atoms. The highest BCUT2D eigenvalue weighted by Gasteiger charge is 2.13. The molecule has 0 radical (unpaired) electrons. The van der Waals surface area contributed by atoms with E-state index in [-0.39, 0.29) is 17.2 Å². The van der Waals surface area contributed by atoms with Crippen LogP contribution in [0.3, 0.4) is 0 Å². The standard InChI is InChI=1S/C20H16ClN7O/c1-13-16(18(21)28(27-13)15-10-6-3-7-11-15)12-22-25-20-23-19(29)17(24-26-20)14-8-4-2-5-9-14/h2-12H,1H3,(H2,23,25,26,29). The quantitative estimate of drug-likeness (QED) is 0.391. The molecular formula is C20H16ClN7O. The number of para-hydroxylation sites is 1. The number of rotatable bonds is 5. The molecule has 4 aromatic rings. The van der Waals surface area contributed by atoms with Gasteiger partial charge in [-0.15, -0.1) is 10.2 Å². The zero-order valence-electron chi connectivity index (χ0n) is 15.4. The molecule has 29 heavy (non-hydrogen) atoms. The van der Waals surface area contributed by atoms with Crippen LogP contribution in [0.1, 0.15) is 11.3 Å². The van der Waals surface area contributed by atoms with Crippen molar-refractivity contribution in [2.24, 2.45) is 5.10 Å². The zero-order chi connectivity index (χ0) is 20.2. The number of aromatic amines is 1. The van der Waals surface area contributed by atoms with Crippen LogP contribution in [0.15, 0.2) is 70.6 Å². The molecule has 0 atom stereocenters. The van der Waals surface area contributed by atoms with Crippen molar-refractivity contribution in [2.75, 3.05) is 5.43 Å². The fourth-order valence-electron chi connectivity index (χ4n) is 2.73. The highest BCUT2D eigenvalue weighted by Crippen LogP contribution is 2.22. The zero-order valence-corrected chi connectivity index (χ0v) is 16.1. The number of hydrogen-bond acceptors (Lipinski definition) is 6. The third-order valence-electron chi connectivity index (χ3n) is 4.16. The molecule has 2 aromatic heterocycles. The van der Waals surface area contributed by atoms with Crippen LogP contribution in [0.5, 0.6) is 0 Å². The maximum Gasteiger partial charge on any atom is 0.279 e. The molecule has 0 saturated carbocycles. The van der Waals surface area contributed by atoms with Crippen molar-refractivity contribution < 1.29 is 0 Å². The van der Waals surface area contributed by atoms with Gasteiger partial charge in [0, 0.05) is 5.56 Å². The second kappa shape index (κ2) is 8.07. The summed E-state index contributed by atoms with van der Waals surface area (Å²) >= 11 is 6.46. The lowest BCUT2D eigenvalue weighted by Gasteiger charge is -2.02. The predicted octanol–water partition coefficient (Wildman–Crippen LogP) is 3.43. The van der Waals surface area contributed by atoms with E-state index in [0.717, 1.165) is 5.69 Å². The summed E-state index contributed by atoms with van der Waals surface area (Å²) in [6.45, 7) is 1.84. The molecule has 0 aliphatic carbocycles. The van der Waals surface area contributed by atoms with E-state index in [1.165, 1.54) is 6.21 Å². The molecule has 2 N–H and O–H groups in total. The Morgan fingerprint density at radius 2 is 1.76 bits per heavy atom. The molecule has 8 nitrogen and oxygen atoms in total. The van der Waals surface area contributed by atoms with Gasteiger partial charge < -0.3 is 0 Å². The number of nitrogens with one attached hydrogen (secondary N) is 2. The summed E-state index contributed by atoms with van der Waals surface area (Å²) in [6.07, 6.45) is 1.52. The van der Waals surface area contributed by atoms with E-state index in [0.29, 0.717) is 22.0 Å². The lowest BCUT2D eigenvalue weighted by atomic mass is 10.2. The number of aromatic nitrogens is 5. The van der Waals surface area contributed by atoms with Crippen LogP contribution in [-0.4, -0.2) is 31.2 Å². The number of anilines is 1. The summed E-state index contributed by atoms with van der Waals surface area (Å²) in [4.78, 5) is 14.9. The lowest BCUT2D eigenvalue weighted by molar-refractivity contribution is 0.863. The van der Waals surface area contributed by atoms with E-state index < -0.39 is 0 Å². The average Bonchev–Trinajstić information content (AvgIpc) is 3.03. The lowest BCUT2D eigenvalue weighted by Crippen LogP contribution is -2.15. The van der Waals surface area contributed by atoms with Gasteiger partial charge in [0.15, 0.2) is 5.69 Å². The molecule has 0 aliphatic heterocycles. The van der Waals surface area contributed by atoms with Crippen LogP contribution in [-0.2, 0) is 0 Å². The molecule has 0 unspecified atom stereocenters. The molecule has 0 amide bonds. The van der Waals surface area contributed by atoms with Gasteiger partial charge in [-0.2, -0.15) is 10.2 Å². The molecule has 2 aromatic carbocycles. The second-order valence-corrected chi connectivity index (χ2v) is 6.48. The minimum absolute atomic E-state index is 0.121. The number of H-pyrrole nitrogens is 1. The van der Waals surface area contributed by atoms with Gasteiger partial charge in [-0.05, 0) is 19.1 Å². The summed E-state index contributed by atoms with van der Waals surface area (Å²) in [5, 5.41) is 16.9. The normalized spacial score (nSPS) is 11.1. The number of aryl methyl sites for hydroxylation is 1. The van der Waals surface area contributed by atoms with Gasteiger partial charge in [0.1, 0.15) is 5.15 Å². The number of benzene rings is 2. The third-order valence-corrected chi connectivity index (χ3v) is 4.52. The first-order valence-electron chi connectivity index (χ1n) is 8.75. The Balaban J connectivity index is 1.53. The van der Waals surface area contributed by atoms with E-state index in [2.05, 4.69) is 30.8 Å². The van der Waals surface area contributed by atoms with Gasteiger partial charge in [-0.25, -0.2) is 10.1 Å². The van der Waals surface area contributed by atoms with Gasteiger partial charge in [0.25, 0.3) is 5.56 Å². The van der Waals surface area contributed by atoms with Gasteiger partial charge >= 0.3 is 0 Å². The Kier molecular flexibility index (Phi) is 5.17. The first-order chi connectivity index (χ1) is 14.1. The van der Waals surface area contributed by atoms with E-state index >= 15 is 0 Å². The number of nitrogens with zero attached hydrogens (tertiary/aromatic N) is 5. The number of hydrazone groups is 1. The summed E-state index contributed by atoms with van der Waals surface area (Å²) in [6, 6.07) is 18.7. The van der Waals surface area contributed by atoms with Crippen molar-refractivity contribution in [1.29, 1.82) is 0 Å². The smallest absolute Gasteiger partial charge is 0.279 e. The van der Waals surface area contributed by atoms with Crippen LogP contribution in [0.4, 0.5) is 5.95 Å². The Morgan fingerprint density at radius 3 is 2.45 bits per heavy atom. The fraction of sp³-hybridized carbons (Fsp3) is 0.0500. The van der Waals surface area contributed by atoms with Crippen molar-refractivity contribution in [1.82, 2.24) is 25.0 Å². The van der Waals surface area contributed by atoms with Crippen molar-refractivity contribution in [2.45, 2.75) is 6.92 Å². The van der Waals surface area contributed by atoms with Crippen LogP contribution in [0.25, 0.3) is 16.9 Å². The van der Waals surface area contributed by atoms with Crippen molar-refractivity contribution in [3.05, 3.63) is 87.4 Å². The van der Waals surface area contributed by atoms with E-state index in [9.17, 15) is 4.79 Å². The molecule has 4 rings (SSSR count). The minimum atomic E-state index is -0.366. The largest absolute Gasteiger partial charge is 0.288 e.